The summed E-state index contributed by atoms with van der Waals surface area (Å²) in [5.41, 5.74) is 2.70. The Bertz CT molecular complexity index is 656. The highest BCUT2D eigenvalue weighted by molar-refractivity contribution is 5.89. The molecule has 6 N–H and O–H groups in total. The molecule has 1 aliphatic carbocycles. The molecule has 0 radical (unpaired) electrons. The zero-order valence-corrected chi connectivity index (χ0v) is 15.1. The van der Waals surface area contributed by atoms with Gasteiger partial charge in [-0.1, -0.05) is 19.9 Å². The van der Waals surface area contributed by atoms with Crippen LogP contribution in [0.3, 0.4) is 0 Å². The van der Waals surface area contributed by atoms with Crippen molar-refractivity contribution in [3.05, 3.63) is 35.4 Å². The summed E-state index contributed by atoms with van der Waals surface area (Å²) in [5.74, 6) is -2.27. The van der Waals surface area contributed by atoms with Crippen molar-refractivity contribution in [3.63, 3.8) is 0 Å². The average Bonchev–Trinajstić information content (AvgIpc) is 2.55. The second-order valence-corrected chi connectivity index (χ2v) is 6.20. The van der Waals surface area contributed by atoms with Gasteiger partial charge in [0.15, 0.2) is 0 Å². The highest BCUT2D eigenvalue weighted by atomic mass is 16.4. The van der Waals surface area contributed by atoms with Crippen molar-refractivity contribution in [2.45, 2.75) is 44.9 Å². The zero-order valence-electron chi connectivity index (χ0n) is 15.1. The van der Waals surface area contributed by atoms with E-state index in [2.05, 4.69) is 24.5 Å². The number of aliphatic carboxylic acids is 2. The van der Waals surface area contributed by atoms with Crippen LogP contribution in [-0.4, -0.2) is 51.5 Å². The van der Waals surface area contributed by atoms with E-state index in [-0.39, 0.29) is 11.8 Å². The Morgan fingerprint density at radius 1 is 1.19 bits per heavy atom. The molecule has 144 valence electrons. The van der Waals surface area contributed by atoms with E-state index < -0.39 is 18.0 Å². The number of hydrogen-bond acceptors (Lipinski definition) is 6. The van der Waals surface area contributed by atoms with E-state index >= 15 is 0 Å². The van der Waals surface area contributed by atoms with Gasteiger partial charge in [-0.2, -0.15) is 0 Å². The van der Waals surface area contributed by atoms with Crippen molar-refractivity contribution in [2.75, 3.05) is 12.4 Å². The van der Waals surface area contributed by atoms with E-state index in [0.29, 0.717) is 18.2 Å². The van der Waals surface area contributed by atoms with Crippen molar-refractivity contribution in [2.24, 2.45) is 0 Å². The fraction of sp³-hybridized carbons (Fsp3) is 0.444. The third-order valence-electron chi connectivity index (χ3n) is 3.90. The second kappa shape index (κ2) is 9.79. The molecule has 0 unspecified atom stereocenters. The molecule has 0 bridgehead atoms. The minimum atomic E-state index is -1.26. The molecular formula is C18H26N2O6. The fourth-order valence-electron chi connectivity index (χ4n) is 2.90. The van der Waals surface area contributed by atoms with E-state index in [0.717, 1.165) is 29.7 Å². The van der Waals surface area contributed by atoms with Crippen LogP contribution in [-0.2, 0) is 16.0 Å². The summed E-state index contributed by atoms with van der Waals surface area (Å²) in [4.78, 5) is 19.1. The fourth-order valence-corrected chi connectivity index (χ4v) is 2.90. The summed E-state index contributed by atoms with van der Waals surface area (Å²) in [6, 6.07) is 3.91. The van der Waals surface area contributed by atoms with Crippen molar-refractivity contribution in [1.82, 2.24) is 5.32 Å². The van der Waals surface area contributed by atoms with E-state index in [1.54, 1.807) is 13.1 Å². The Kier molecular flexibility index (Phi) is 8.08. The van der Waals surface area contributed by atoms with Crippen LogP contribution in [0.25, 0.3) is 0 Å². The van der Waals surface area contributed by atoms with E-state index in [4.69, 9.17) is 10.2 Å². The first-order chi connectivity index (χ1) is 12.2. The number of phenolic OH excluding ortho intramolecular Hbond substituents is 1. The number of fused-ring (bicyclic) bond motifs is 1. The minimum Gasteiger partial charge on any atom is -0.506 e. The molecule has 2 atom stereocenters. The van der Waals surface area contributed by atoms with E-state index in [9.17, 15) is 19.8 Å². The molecule has 0 saturated heterocycles. The number of carbonyl (C=O) groups is 2. The molecule has 26 heavy (non-hydrogen) atoms. The number of aliphatic hydroxyl groups is 1. The van der Waals surface area contributed by atoms with Gasteiger partial charge in [0.2, 0.25) is 0 Å². The van der Waals surface area contributed by atoms with Crippen LogP contribution in [0.5, 0.6) is 5.75 Å². The maximum Gasteiger partial charge on any atom is 0.328 e. The van der Waals surface area contributed by atoms with Gasteiger partial charge >= 0.3 is 11.9 Å². The third kappa shape index (κ3) is 6.05. The Hall–Kier alpha value is -2.58. The number of anilines is 1. The molecule has 1 aromatic carbocycles. The lowest BCUT2D eigenvalue weighted by atomic mass is 9.84. The highest BCUT2D eigenvalue weighted by Crippen LogP contribution is 2.38. The molecule has 1 aromatic rings. The molecule has 0 fully saturated rings. The number of nitrogens with one attached hydrogen (secondary N) is 2. The molecule has 8 heteroatoms. The molecule has 0 saturated carbocycles. The topological polar surface area (TPSA) is 139 Å². The van der Waals surface area contributed by atoms with Crippen molar-refractivity contribution in [3.8, 4) is 5.75 Å². The van der Waals surface area contributed by atoms with Crippen molar-refractivity contribution in [1.29, 1.82) is 0 Å². The minimum absolute atomic E-state index is 0.0896. The summed E-state index contributed by atoms with van der Waals surface area (Å²) in [6.07, 6.45) is 2.35. The normalized spacial score (nSPS) is 18.8. The van der Waals surface area contributed by atoms with E-state index in [1.165, 1.54) is 0 Å². The maximum absolute atomic E-state index is 10.4. The summed E-state index contributed by atoms with van der Waals surface area (Å²) in [7, 11) is 1.79. The lowest BCUT2D eigenvalue weighted by Crippen LogP contribution is -2.42. The summed E-state index contributed by atoms with van der Waals surface area (Å²) in [5, 5.41) is 42.2. The molecule has 0 aliphatic heterocycles. The van der Waals surface area contributed by atoms with Gasteiger partial charge < -0.3 is 31.1 Å². The summed E-state index contributed by atoms with van der Waals surface area (Å²) in [6.45, 7) is 4.16. The molecule has 1 aliphatic rings. The number of phenols is 1. The monoisotopic (exact) mass is 366 g/mol. The Balaban J connectivity index is 0.000000359. The second-order valence-electron chi connectivity index (χ2n) is 6.20. The maximum atomic E-state index is 10.4. The first-order valence-electron chi connectivity index (χ1n) is 8.27. The van der Waals surface area contributed by atoms with Gasteiger partial charge in [-0.15, -0.1) is 0 Å². The van der Waals surface area contributed by atoms with Crippen molar-refractivity contribution < 1.29 is 30.0 Å². The molecule has 0 spiro atoms. The van der Waals surface area contributed by atoms with Crippen LogP contribution in [0, 0.1) is 0 Å². The number of hydrogen-bond donors (Lipinski definition) is 6. The number of carboxylic acids is 2. The van der Waals surface area contributed by atoms with E-state index in [1.807, 2.05) is 6.07 Å². The number of aliphatic hydroxyl groups excluding tert-OH is 1. The zero-order chi connectivity index (χ0) is 19.9. The smallest absolute Gasteiger partial charge is 0.328 e. The van der Waals surface area contributed by atoms with Gasteiger partial charge in [-0.05, 0) is 30.0 Å². The van der Waals surface area contributed by atoms with Gasteiger partial charge in [-0.3, -0.25) is 0 Å². The number of carboxylic acid groups (broad SMARTS) is 2. The third-order valence-corrected chi connectivity index (χ3v) is 3.90. The van der Waals surface area contributed by atoms with Gasteiger partial charge in [0.1, 0.15) is 5.75 Å². The number of rotatable bonds is 5. The van der Waals surface area contributed by atoms with Crippen LogP contribution in [0.4, 0.5) is 5.69 Å². The van der Waals surface area contributed by atoms with Crippen LogP contribution in [0.1, 0.15) is 37.5 Å². The average molecular weight is 366 g/mol. The first kappa shape index (κ1) is 21.5. The summed E-state index contributed by atoms with van der Waals surface area (Å²) < 4.78 is 0. The standard InChI is InChI=1S/C14H22N2O2.C4H4O4/c1-8(2)16-11-6-4-9-10(14(11)18)5-7-12(17)13(9)15-3;5-3(6)1-2-4(7)8/h5,7-8,11,14-18H,4,6H2,1-3H3;1-2H,(H,5,6)(H,7,8)/b;2-1+/t11-,14-;/m0./s1. The quantitative estimate of drug-likeness (QED) is 0.340. The first-order valence-corrected chi connectivity index (χ1v) is 8.27. The van der Waals surface area contributed by atoms with Gasteiger partial charge in [-0.25, -0.2) is 9.59 Å². The van der Waals surface area contributed by atoms with Crippen LogP contribution >= 0.6 is 0 Å². The van der Waals surface area contributed by atoms with Gasteiger partial charge in [0, 0.05) is 31.3 Å². The Morgan fingerprint density at radius 3 is 2.23 bits per heavy atom. The summed E-state index contributed by atoms with van der Waals surface area (Å²) >= 11 is 0. The molecule has 2 rings (SSSR count). The highest BCUT2D eigenvalue weighted by Gasteiger charge is 2.30. The lowest BCUT2D eigenvalue weighted by molar-refractivity contribution is -0.134. The molecule has 0 aromatic heterocycles. The molecule has 8 nitrogen and oxygen atoms in total. The number of aromatic hydroxyl groups is 1. The van der Waals surface area contributed by atoms with Crippen molar-refractivity contribution >= 4 is 17.6 Å². The number of benzene rings is 1. The van der Waals surface area contributed by atoms with Crippen LogP contribution in [0.2, 0.25) is 0 Å². The SMILES string of the molecule is CNc1c(O)ccc2c1CC[C@H](NC(C)C)[C@H]2O.O=C(O)/C=C/C(=O)O. The largest absolute Gasteiger partial charge is 0.506 e. The predicted octanol–water partition coefficient (Wildman–Crippen LogP) is 1.49. The Labute approximate surface area is 152 Å². The lowest BCUT2D eigenvalue weighted by Gasteiger charge is -2.33. The molecule has 0 heterocycles. The predicted molar refractivity (Wildman–Crippen MR) is 97.4 cm³/mol. The van der Waals surface area contributed by atoms with Crippen LogP contribution in [0.15, 0.2) is 24.3 Å². The molecular weight excluding hydrogens is 340 g/mol. The van der Waals surface area contributed by atoms with Crippen LogP contribution < -0.4 is 10.6 Å². The van der Waals surface area contributed by atoms with Gasteiger partial charge in [0.05, 0.1) is 11.8 Å². The molecule has 0 amide bonds. The van der Waals surface area contributed by atoms with Gasteiger partial charge in [0.25, 0.3) is 0 Å². The Morgan fingerprint density at radius 2 is 1.77 bits per heavy atom.